The molecule has 1 aliphatic rings. The Morgan fingerprint density at radius 3 is 2.89 bits per heavy atom. The van der Waals surface area contributed by atoms with Gasteiger partial charge >= 0.3 is 0 Å². The molecule has 0 fully saturated rings. The lowest BCUT2D eigenvalue weighted by molar-refractivity contribution is -0.122. The van der Waals surface area contributed by atoms with Gasteiger partial charge in [0.15, 0.2) is 6.23 Å². The van der Waals surface area contributed by atoms with Gasteiger partial charge in [-0.25, -0.2) is 4.99 Å². The van der Waals surface area contributed by atoms with Gasteiger partial charge in [-0.05, 0) is 0 Å². The highest BCUT2D eigenvalue weighted by Gasteiger charge is 2.22. The molecule has 1 unspecified atom stereocenters. The number of aliphatic hydroxyl groups is 1. The molecule has 0 aromatic rings. The summed E-state index contributed by atoms with van der Waals surface area (Å²) in [6.07, 6.45) is -0.504. The van der Waals surface area contributed by atoms with E-state index in [2.05, 4.69) is 4.99 Å². The summed E-state index contributed by atoms with van der Waals surface area (Å²) in [7, 11) is 0. The van der Waals surface area contributed by atoms with Gasteiger partial charge in [-0.3, -0.25) is 9.69 Å². The molecule has 1 atom stereocenters. The minimum Gasteiger partial charge on any atom is -0.384 e. The Hall–Kier alpha value is -1.10. The van der Waals surface area contributed by atoms with E-state index in [9.17, 15) is 4.79 Å². The van der Waals surface area contributed by atoms with Crippen molar-refractivity contribution in [3.8, 4) is 0 Å². The van der Waals surface area contributed by atoms with Crippen molar-refractivity contribution in [1.82, 2.24) is 4.90 Å². The van der Waals surface area contributed by atoms with Crippen LogP contribution in [0.15, 0.2) is 4.99 Å². The summed E-state index contributed by atoms with van der Waals surface area (Å²) in [5.74, 6) is 0.0992. The number of rotatable bonds is 1. The average Bonchev–Trinajstić information content (AvgIpc) is 2.15. The van der Waals surface area contributed by atoms with E-state index in [0.29, 0.717) is 6.41 Å². The third kappa shape index (κ3) is 0.857. The van der Waals surface area contributed by atoms with Gasteiger partial charge in [0.05, 0.1) is 0 Å². The first-order valence-corrected chi connectivity index (χ1v) is 2.44. The molecule has 0 bridgehead atoms. The molecular formula is C4H7N3O2. The van der Waals surface area contributed by atoms with Gasteiger partial charge in [-0.2, -0.15) is 0 Å². The van der Waals surface area contributed by atoms with Crippen LogP contribution in [0, 0.1) is 0 Å². The minimum absolute atomic E-state index is 0.0992. The fourth-order valence-electron chi connectivity index (χ4n) is 0.583. The zero-order chi connectivity index (χ0) is 6.85. The van der Waals surface area contributed by atoms with Crippen molar-refractivity contribution in [3.63, 3.8) is 0 Å². The van der Waals surface area contributed by atoms with E-state index >= 15 is 0 Å². The van der Waals surface area contributed by atoms with E-state index in [-0.39, 0.29) is 12.5 Å². The minimum atomic E-state index is -1.01. The number of hydrogen-bond donors (Lipinski definition) is 2. The van der Waals surface area contributed by atoms with E-state index in [1.54, 1.807) is 0 Å². The molecule has 0 spiro atoms. The lowest BCUT2D eigenvalue weighted by atomic mass is 10.5. The summed E-state index contributed by atoms with van der Waals surface area (Å²) in [6.45, 7) is 0.163. The summed E-state index contributed by atoms with van der Waals surface area (Å²) in [4.78, 5) is 14.7. The van der Waals surface area contributed by atoms with Crippen LogP contribution in [0.25, 0.3) is 0 Å². The summed E-state index contributed by atoms with van der Waals surface area (Å²) < 4.78 is 0. The van der Waals surface area contributed by atoms with Gasteiger partial charge in [0.1, 0.15) is 12.5 Å². The second-order valence-electron chi connectivity index (χ2n) is 1.72. The first-order chi connectivity index (χ1) is 4.25. The molecule has 0 aromatic carbocycles. The van der Waals surface area contributed by atoms with Gasteiger partial charge in [-0.15, -0.1) is 0 Å². The fourth-order valence-corrected chi connectivity index (χ4v) is 0.583. The molecule has 50 valence electrons. The van der Waals surface area contributed by atoms with E-state index in [1.807, 2.05) is 0 Å². The smallest absolute Gasteiger partial charge is 0.213 e. The third-order valence-electron chi connectivity index (χ3n) is 1.13. The monoisotopic (exact) mass is 129 g/mol. The van der Waals surface area contributed by atoms with Crippen LogP contribution in [0.2, 0.25) is 0 Å². The predicted molar refractivity (Wildman–Crippen MR) is 30.4 cm³/mol. The third-order valence-corrected chi connectivity index (χ3v) is 1.13. The summed E-state index contributed by atoms with van der Waals surface area (Å²) >= 11 is 0. The maximum absolute atomic E-state index is 10.0. The number of aliphatic imine (C=N–C) groups is 1. The van der Waals surface area contributed by atoms with Crippen LogP contribution in [0.1, 0.15) is 0 Å². The topological polar surface area (TPSA) is 78.9 Å². The van der Waals surface area contributed by atoms with Crippen LogP contribution in [-0.2, 0) is 4.79 Å². The van der Waals surface area contributed by atoms with Crippen LogP contribution in [0.4, 0.5) is 0 Å². The Morgan fingerprint density at radius 1 is 2.00 bits per heavy atom. The number of amidine groups is 1. The van der Waals surface area contributed by atoms with E-state index in [4.69, 9.17) is 10.8 Å². The number of carbonyl (C=O) groups excluding carboxylic acids is 1. The second-order valence-corrected chi connectivity index (χ2v) is 1.72. The Morgan fingerprint density at radius 2 is 2.67 bits per heavy atom. The van der Waals surface area contributed by atoms with Crippen molar-refractivity contribution >= 4 is 12.2 Å². The van der Waals surface area contributed by atoms with Crippen molar-refractivity contribution < 1.29 is 9.90 Å². The van der Waals surface area contributed by atoms with Gasteiger partial charge in [0.2, 0.25) is 6.41 Å². The van der Waals surface area contributed by atoms with Gasteiger partial charge in [0, 0.05) is 0 Å². The first-order valence-electron chi connectivity index (χ1n) is 2.44. The summed E-state index contributed by atoms with van der Waals surface area (Å²) in [6, 6.07) is 0. The van der Waals surface area contributed by atoms with Crippen molar-refractivity contribution in [2.24, 2.45) is 10.7 Å². The SMILES string of the molecule is NC1=NCN(C=O)C1O. The summed E-state index contributed by atoms with van der Waals surface area (Å²) in [5, 5.41) is 8.90. The molecule has 0 radical (unpaired) electrons. The Kier molecular flexibility index (Phi) is 1.35. The molecule has 9 heavy (non-hydrogen) atoms. The molecule has 0 aliphatic carbocycles. The number of amides is 1. The number of nitrogens with zero attached hydrogens (tertiary/aromatic N) is 2. The average molecular weight is 129 g/mol. The van der Waals surface area contributed by atoms with Gasteiger partial charge in [0.25, 0.3) is 0 Å². The van der Waals surface area contributed by atoms with Crippen LogP contribution in [-0.4, -0.2) is 35.1 Å². The lowest BCUT2D eigenvalue weighted by Crippen LogP contribution is -2.37. The molecular weight excluding hydrogens is 122 g/mol. The van der Waals surface area contributed by atoms with E-state index in [0.717, 1.165) is 4.90 Å². The lowest BCUT2D eigenvalue weighted by Gasteiger charge is -2.11. The van der Waals surface area contributed by atoms with E-state index < -0.39 is 6.23 Å². The number of hydrogen-bond acceptors (Lipinski definition) is 4. The number of aliphatic hydroxyl groups excluding tert-OH is 1. The Bertz CT molecular complexity index is 156. The molecule has 0 saturated heterocycles. The first kappa shape index (κ1) is 6.03. The Balaban J connectivity index is 2.61. The van der Waals surface area contributed by atoms with Crippen molar-refractivity contribution in [1.29, 1.82) is 0 Å². The maximum atomic E-state index is 10.0. The second kappa shape index (κ2) is 2.02. The maximum Gasteiger partial charge on any atom is 0.213 e. The molecule has 1 amide bonds. The normalized spacial score (nSPS) is 26.1. The molecule has 1 rings (SSSR count). The molecule has 0 saturated carbocycles. The van der Waals surface area contributed by atoms with Crippen molar-refractivity contribution in [2.75, 3.05) is 6.67 Å². The molecule has 1 heterocycles. The fraction of sp³-hybridized carbons (Fsp3) is 0.500. The highest BCUT2D eigenvalue weighted by molar-refractivity contribution is 5.87. The summed E-state index contributed by atoms with van der Waals surface area (Å²) in [5.41, 5.74) is 5.14. The Labute approximate surface area is 51.8 Å². The molecule has 5 heteroatoms. The van der Waals surface area contributed by atoms with Crippen LogP contribution >= 0.6 is 0 Å². The highest BCUT2D eigenvalue weighted by Crippen LogP contribution is 2.00. The van der Waals surface area contributed by atoms with Crippen molar-refractivity contribution in [3.05, 3.63) is 0 Å². The van der Waals surface area contributed by atoms with Crippen LogP contribution in [0.5, 0.6) is 0 Å². The molecule has 3 N–H and O–H groups in total. The molecule has 1 aliphatic heterocycles. The highest BCUT2D eigenvalue weighted by atomic mass is 16.3. The standard InChI is InChI=1S/C4H7N3O2/c5-3-4(9)7(2-8)1-6-3/h2,4,9H,1H2,(H2,5,6). The predicted octanol–water partition coefficient (Wildman–Crippen LogP) is -1.91. The van der Waals surface area contributed by atoms with Crippen LogP contribution in [0.3, 0.4) is 0 Å². The quantitative estimate of drug-likeness (QED) is 0.405. The van der Waals surface area contributed by atoms with Crippen LogP contribution < -0.4 is 5.73 Å². The molecule has 0 aromatic heterocycles. The number of nitrogens with two attached hydrogens (primary N) is 1. The number of carbonyl (C=O) groups is 1. The largest absolute Gasteiger partial charge is 0.384 e. The van der Waals surface area contributed by atoms with Crippen molar-refractivity contribution in [2.45, 2.75) is 6.23 Å². The van der Waals surface area contributed by atoms with Gasteiger partial charge < -0.3 is 10.8 Å². The zero-order valence-electron chi connectivity index (χ0n) is 4.69. The zero-order valence-corrected chi connectivity index (χ0v) is 4.69. The van der Waals surface area contributed by atoms with Gasteiger partial charge in [-0.1, -0.05) is 0 Å². The van der Waals surface area contributed by atoms with E-state index in [1.165, 1.54) is 0 Å². The molecule has 5 nitrogen and oxygen atoms in total.